The summed E-state index contributed by atoms with van der Waals surface area (Å²) in [7, 11) is 0. The fourth-order valence-electron chi connectivity index (χ4n) is 2.33. The van der Waals surface area contributed by atoms with Crippen molar-refractivity contribution in [2.75, 3.05) is 11.1 Å². The zero-order valence-corrected chi connectivity index (χ0v) is 15.3. The molecule has 0 atom stereocenters. The first-order valence-corrected chi connectivity index (χ1v) is 9.24. The largest absolute Gasteiger partial charge is 0.417 e. The summed E-state index contributed by atoms with van der Waals surface area (Å²) in [5, 5.41) is 11.1. The molecule has 2 aromatic heterocycles. The van der Waals surface area contributed by atoms with E-state index in [4.69, 9.17) is 11.6 Å². The molecular weight excluding hydrogens is 391 g/mol. The van der Waals surface area contributed by atoms with Crippen LogP contribution in [0.1, 0.15) is 37.1 Å². The number of carbonyl (C=O) groups is 1. The van der Waals surface area contributed by atoms with E-state index in [1.165, 1.54) is 11.8 Å². The van der Waals surface area contributed by atoms with Crippen molar-refractivity contribution in [3.63, 3.8) is 0 Å². The summed E-state index contributed by atoms with van der Waals surface area (Å²) in [5.41, 5.74) is -0.974. The lowest BCUT2D eigenvalue weighted by atomic mass is 10.3. The van der Waals surface area contributed by atoms with Gasteiger partial charge < -0.3 is 9.88 Å². The minimum absolute atomic E-state index is 0.0157. The normalized spacial score (nSPS) is 14.5. The number of pyridine rings is 1. The first kappa shape index (κ1) is 19.0. The molecule has 6 nitrogen and oxygen atoms in total. The summed E-state index contributed by atoms with van der Waals surface area (Å²) < 4.78 is 39.8. The maximum atomic E-state index is 12.6. The third kappa shape index (κ3) is 4.29. The van der Waals surface area contributed by atoms with Crippen LogP contribution in [0.2, 0.25) is 5.02 Å². The van der Waals surface area contributed by atoms with Gasteiger partial charge in [0.2, 0.25) is 5.91 Å². The minimum atomic E-state index is -4.54. The molecule has 0 spiro atoms. The molecule has 1 amide bonds. The molecule has 1 fully saturated rings. The van der Waals surface area contributed by atoms with Gasteiger partial charge in [0.05, 0.1) is 16.3 Å². The predicted molar refractivity (Wildman–Crippen MR) is 91.3 cm³/mol. The molecule has 0 saturated heterocycles. The van der Waals surface area contributed by atoms with Gasteiger partial charge in [-0.05, 0) is 25.8 Å². The van der Waals surface area contributed by atoms with Crippen LogP contribution in [0.5, 0.6) is 0 Å². The van der Waals surface area contributed by atoms with Crippen molar-refractivity contribution < 1.29 is 18.0 Å². The second kappa shape index (κ2) is 7.43. The van der Waals surface area contributed by atoms with Gasteiger partial charge in [0.15, 0.2) is 11.0 Å². The first-order valence-electron chi connectivity index (χ1n) is 7.88. The number of alkyl halides is 3. The molecule has 2 aromatic rings. The van der Waals surface area contributed by atoms with E-state index in [9.17, 15) is 18.0 Å². The maximum Gasteiger partial charge on any atom is 0.417 e. The van der Waals surface area contributed by atoms with Crippen LogP contribution in [0.15, 0.2) is 17.4 Å². The molecule has 140 valence electrons. The van der Waals surface area contributed by atoms with Crippen molar-refractivity contribution in [2.45, 2.75) is 43.6 Å². The Hall–Kier alpha value is -1.81. The van der Waals surface area contributed by atoms with Crippen LogP contribution in [0.4, 0.5) is 19.0 Å². The lowest BCUT2D eigenvalue weighted by molar-refractivity contribution is -0.137. The van der Waals surface area contributed by atoms with Crippen LogP contribution < -0.4 is 5.32 Å². The van der Waals surface area contributed by atoms with Crippen molar-refractivity contribution >= 4 is 35.1 Å². The van der Waals surface area contributed by atoms with E-state index in [2.05, 4.69) is 20.5 Å². The summed E-state index contributed by atoms with van der Waals surface area (Å²) in [6.45, 7) is 2.68. The Labute approximate surface area is 156 Å². The second-order valence-electron chi connectivity index (χ2n) is 5.75. The van der Waals surface area contributed by atoms with Crippen molar-refractivity contribution in [3.8, 4) is 0 Å². The number of rotatable bonds is 6. The summed E-state index contributed by atoms with van der Waals surface area (Å²) in [6.07, 6.45) is -1.72. The van der Waals surface area contributed by atoms with E-state index in [0.717, 1.165) is 24.7 Å². The molecule has 11 heteroatoms. The zero-order valence-electron chi connectivity index (χ0n) is 13.7. The molecule has 0 aromatic carbocycles. The minimum Gasteiger partial charge on any atom is -0.309 e. The number of nitrogens with one attached hydrogen (secondary N) is 1. The Morgan fingerprint density at radius 3 is 2.73 bits per heavy atom. The van der Waals surface area contributed by atoms with Crippen LogP contribution in [-0.4, -0.2) is 31.4 Å². The molecular formula is C15H15ClF3N5OS. The van der Waals surface area contributed by atoms with Gasteiger partial charge >= 0.3 is 6.18 Å². The fourth-order valence-corrected chi connectivity index (χ4v) is 3.35. The van der Waals surface area contributed by atoms with Gasteiger partial charge in [-0.1, -0.05) is 23.4 Å². The monoisotopic (exact) mass is 405 g/mol. The van der Waals surface area contributed by atoms with Crippen molar-refractivity contribution in [3.05, 3.63) is 28.7 Å². The van der Waals surface area contributed by atoms with Crippen LogP contribution in [0.3, 0.4) is 0 Å². The number of halogens is 4. The summed E-state index contributed by atoms with van der Waals surface area (Å²) in [4.78, 5) is 15.6. The molecule has 0 unspecified atom stereocenters. The fraction of sp³-hybridized carbons (Fsp3) is 0.467. The van der Waals surface area contributed by atoms with Crippen molar-refractivity contribution in [1.29, 1.82) is 0 Å². The lowest BCUT2D eigenvalue weighted by Crippen LogP contribution is -2.16. The molecule has 1 N–H and O–H groups in total. The Balaban J connectivity index is 1.61. The Morgan fingerprint density at radius 2 is 2.15 bits per heavy atom. The van der Waals surface area contributed by atoms with Crippen molar-refractivity contribution in [2.24, 2.45) is 0 Å². The third-order valence-corrected chi connectivity index (χ3v) is 5.02. The summed E-state index contributed by atoms with van der Waals surface area (Å²) in [5.74, 6) is 0.842. The van der Waals surface area contributed by atoms with Gasteiger partial charge in [-0.3, -0.25) is 4.79 Å². The molecule has 0 aliphatic heterocycles. The number of carbonyl (C=O) groups excluding carboxylic acids is 1. The average molecular weight is 406 g/mol. The highest BCUT2D eigenvalue weighted by Gasteiger charge is 2.32. The van der Waals surface area contributed by atoms with E-state index in [-0.39, 0.29) is 16.6 Å². The van der Waals surface area contributed by atoms with E-state index >= 15 is 0 Å². The standard InChI is InChI=1S/C15H15ClF3N5OS/c1-2-24-13(8-3-4-8)22-23-14(24)26-7-11(25)21-12-10(16)5-9(6-20-12)15(17,18)19/h5-6,8H,2-4,7H2,1H3,(H,20,21,25). The van der Waals surface area contributed by atoms with Crippen LogP contribution >= 0.6 is 23.4 Å². The van der Waals surface area contributed by atoms with Crippen molar-refractivity contribution in [1.82, 2.24) is 19.7 Å². The SMILES string of the molecule is CCn1c(SCC(=O)Nc2ncc(C(F)(F)F)cc2Cl)nnc1C1CC1. The average Bonchev–Trinajstić information content (AvgIpc) is 3.33. The highest BCUT2D eigenvalue weighted by atomic mass is 35.5. The zero-order chi connectivity index (χ0) is 18.9. The van der Waals surface area contributed by atoms with Gasteiger partial charge in [-0.25, -0.2) is 4.98 Å². The van der Waals surface area contributed by atoms with Gasteiger partial charge in [0.1, 0.15) is 5.82 Å². The number of aromatic nitrogens is 4. The Morgan fingerprint density at radius 1 is 1.42 bits per heavy atom. The second-order valence-corrected chi connectivity index (χ2v) is 7.10. The van der Waals surface area contributed by atoms with E-state index < -0.39 is 17.6 Å². The number of hydrogen-bond donors (Lipinski definition) is 1. The van der Waals surface area contributed by atoms with E-state index in [1.807, 2.05) is 11.5 Å². The predicted octanol–water partition coefficient (Wildman–Crippen LogP) is 3.97. The highest BCUT2D eigenvalue weighted by molar-refractivity contribution is 7.99. The maximum absolute atomic E-state index is 12.6. The molecule has 1 saturated carbocycles. The Kier molecular flexibility index (Phi) is 5.42. The molecule has 1 aliphatic carbocycles. The van der Waals surface area contributed by atoms with Crippen LogP contribution in [0, 0.1) is 0 Å². The molecule has 1 aliphatic rings. The molecule has 2 heterocycles. The van der Waals surface area contributed by atoms with E-state index in [0.29, 0.717) is 23.8 Å². The van der Waals surface area contributed by atoms with Crippen LogP contribution in [-0.2, 0) is 17.5 Å². The molecule has 26 heavy (non-hydrogen) atoms. The number of nitrogens with zero attached hydrogens (tertiary/aromatic N) is 4. The summed E-state index contributed by atoms with van der Waals surface area (Å²) in [6, 6.07) is 0.729. The highest BCUT2D eigenvalue weighted by Crippen LogP contribution is 2.40. The number of hydrogen-bond acceptors (Lipinski definition) is 5. The van der Waals surface area contributed by atoms with E-state index in [1.54, 1.807) is 0 Å². The molecule has 0 radical (unpaired) electrons. The Bertz CT molecular complexity index is 822. The van der Waals surface area contributed by atoms with Gasteiger partial charge in [0.25, 0.3) is 0 Å². The number of amides is 1. The third-order valence-electron chi connectivity index (χ3n) is 3.76. The topological polar surface area (TPSA) is 72.7 Å². The van der Waals surface area contributed by atoms with Gasteiger partial charge in [-0.2, -0.15) is 13.2 Å². The summed E-state index contributed by atoms with van der Waals surface area (Å²) >= 11 is 6.98. The van der Waals surface area contributed by atoms with Crippen LogP contribution in [0.25, 0.3) is 0 Å². The quantitative estimate of drug-likeness (QED) is 0.736. The number of thioether (sulfide) groups is 1. The molecule has 3 rings (SSSR count). The first-order chi connectivity index (χ1) is 12.3. The van der Waals surface area contributed by atoms with Gasteiger partial charge in [0, 0.05) is 18.7 Å². The lowest BCUT2D eigenvalue weighted by Gasteiger charge is -2.10. The smallest absolute Gasteiger partial charge is 0.309 e. The molecule has 0 bridgehead atoms. The van der Waals surface area contributed by atoms with Gasteiger partial charge in [-0.15, -0.1) is 10.2 Å². The number of anilines is 1.